The first-order valence-corrected chi connectivity index (χ1v) is 8.58. The Balaban J connectivity index is 1.57. The van der Waals surface area contributed by atoms with Gasteiger partial charge in [0.2, 0.25) is 5.91 Å². The summed E-state index contributed by atoms with van der Waals surface area (Å²) in [5.74, 6) is 0.919. The Morgan fingerprint density at radius 1 is 1.18 bits per heavy atom. The highest BCUT2D eigenvalue weighted by atomic mass is 16.5. The van der Waals surface area contributed by atoms with Crippen LogP contribution in [0, 0.1) is 13.8 Å². The Kier molecular flexibility index (Phi) is 6.90. The third-order valence-electron chi connectivity index (χ3n) is 4.52. The topological polar surface area (TPSA) is 67.2 Å². The van der Waals surface area contributed by atoms with Crippen molar-refractivity contribution in [3.05, 3.63) is 17.0 Å². The molecule has 1 saturated carbocycles. The molecule has 2 N–H and O–H groups in total. The van der Waals surface area contributed by atoms with E-state index in [1.807, 2.05) is 13.8 Å². The van der Waals surface area contributed by atoms with E-state index in [9.17, 15) is 4.79 Å². The van der Waals surface area contributed by atoms with Crippen LogP contribution in [0.1, 0.15) is 62.0 Å². The van der Waals surface area contributed by atoms with Crippen LogP contribution in [-0.4, -0.2) is 30.2 Å². The van der Waals surface area contributed by atoms with Gasteiger partial charge in [0.25, 0.3) is 0 Å². The maximum absolute atomic E-state index is 11.9. The third-order valence-corrected chi connectivity index (χ3v) is 4.52. The molecule has 5 heteroatoms. The summed E-state index contributed by atoms with van der Waals surface area (Å²) in [4.78, 5) is 11.9. The van der Waals surface area contributed by atoms with Gasteiger partial charge in [-0.2, -0.15) is 0 Å². The summed E-state index contributed by atoms with van der Waals surface area (Å²) in [5, 5.41) is 10.5. The average molecular weight is 307 g/mol. The van der Waals surface area contributed by atoms with Crippen molar-refractivity contribution in [1.82, 2.24) is 15.8 Å². The fourth-order valence-corrected chi connectivity index (χ4v) is 3.15. The highest BCUT2D eigenvalue weighted by molar-refractivity contribution is 5.76. The minimum Gasteiger partial charge on any atom is -0.361 e. The van der Waals surface area contributed by atoms with Gasteiger partial charge >= 0.3 is 0 Å². The van der Waals surface area contributed by atoms with Gasteiger partial charge in [0.1, 0.15) is 5.76 Å². The van der Waals surface area contributed by atoms with Gasteiger partial charge in [0, 0.05) is 31.1 Å². The van der Waals surface area contributed by atoms with Crippen LogP contribution in [0.4, 0.5) is 0 Å². The molecule has 0 spiro atoms. The van der Waals surface area contributed by atoms with Gasteiger partial charge in [-0.25, -0.2) is 0 Å². The largest absolute Gasteiger partial charge is 0.361 e. The van der Waals surface area contributed by atoms with Crippen molar-refractivity contribution in [3.63, 3.8) is 0 Å². The zero-order chi connectivity index (χ0) is 15.8. The Labute approximate surface area is 133 Å². The number of hydrogen-bond donors (Lipinski definition) is 2. The monoisotopic (exact) mass is 307 g/mol. The van der Waals surface area contributed by atoms with Crippen molar-refractivity contribution in [2.45, 2.75) is 71.3 Å². The van der Waals surface area contributed by atoms with Crippen LogP contribution < -0.4 is 10.6 Å². The van der Waals surface area contributed by atoms with E-state index in [0.29, 0.717) is 25.4 Å². The lowest BCUT2D eigenvalue weighted by Gasteiger charge is -2.16. The second-order valence-corrected chi connectivity index (χ2v) is 6.30. The summed E-state index contributed by atoms with van der Waals surface area (Å²) in [6, 6.07) is 0.640. The second kappa shape index (κ2) is 8.93. The van der Waals surface area contributed by atoms with Gasteiger partial charge in [-0.05, 0) is 33.1 Å². The molecule has 0 radical (unpaired) electrons. The van der Waals surface area contributed by atoms with Crippen molar-refractivity contribution in [3.8, 4) is 0 Å². The van der Waals surface area contributed by atoms with Crippen LogP contribution in [0.3, 0.4) is 0 Å². The molecule has 1 aliphatic rings. The van der Waals surface area contributed by atoms with Gasteiger partial charge in [0.05, 0.1) is 5.69 Å². The number of aromatic nitrogens is 1. The Bertz CT molecular complexity index is 443. The van der Waals surface area contributed by atoms with Crippen LogP contribution in [0.2, 0.25) is 0 Å². The van der Waals surface area contributed by atoms with Crippen LogP contribution >= 0.6 is 0 Å². The molecule has 0 aliphatic heterocycles. The van der Waals surface area contributed by atoms with Crippen LogP contribution in [-0.2, 0) is 11.2 Å². The van der Waals surface area contributed by atoms with Crippen molar-refractivity contribution in [1.29, 1.82) is 0 Å². The molecule has 0 unspecified atom stereocenters. The lowest BCUT2D eigenvalue weighted by Crippen LogP contribution is -2.36. The molecule has 0 atom stereocenters. The third kappa shape index (κ3) is 5.44. The molecule has 1 amide bonds. The molecule has 2 rings (SSSR count). The maximum atomic E-state index is 11.9. The number of hydrogen-bond acceptors (Lipinski definition) is 4. The zero-order valence-electron chi connectivity index (χ0n) is 13.9. The molecular formula is C17H29N3O2. The Morgan fingerprint density at radius 3 is 2.55 bits per heavy atom. The predicted molar refractivity (Wildman–Crippen MR) is 86.8 cm³/mol. The van der Waals surface area contributed by atoms with E-state index in [4.69, 9.17) is 4.52 Å². The van der Waals surface area contributed by atoms with E-state index >= 15 is 0 Å². The summed E-state index contributed by atoms with van der Waals surface area (Å²) in [6.07, 6.45) is 9.16. The number of carbonyl (C=O) groups is 1. The number of aryl methyl sites for hydroxylation is 2. The summed E-state index contributed by atoms with van der Waals surface area (Å²) >= 11 is 0. The molecule has 1 fully saturated rings. The van der Waals surface area contributed by atoms with Crippen LogP contribution in [0.15, 0.2) is 4.52 Å². The number of nitrogens with zero attached hydrogens (tertiary/aromatic N) is 1. The van der Waals surface area contributed by atoms with E-state index in [2.05, 4.69) is 15.8 Å². The quantitative estimate of drug-likeness (QED) is 0.600. The van der Waals surface area contributed by atoms with Crippen LogP contribution in [0.25, 0.3) is 0 Å². The molecule has 22 heavy (non-hydrogen) atoms. The zero-order valence-corrected chi connectivity index (χ0v) is 13.9. The summed E-state index contributed by atoms with van der Waals surface area (Å²) in [5.41, 5.74) is 1.95. The Hall–Kier alpha value is -1.36. The van der Waals surface area contributed by atoms with Crippen molar-refractivity contribution in [2.24, 2.45) is 0 Å². The summed E-state index contributed by atoms with van der Waals surface area (Å²) in [7, 11) is 0. The first-order valence-electron chi connectivity index (χ1n) is 8.58. The highest BCUT2D eigenvalue weighted by Crippen LogP contribution is 2.17. The van der Waals surface area contributed by atoms with E-state index in [1.54, 1.807) is 0 Å². The van der Waals surface area contributed by atoms with E-state index in [0.717, 1.165) is 23.6 Å². The molecule has 1 heterocycles. The predicted octanol–water partition coefficient (Wildman–Crippen LogP) is 2.65. The number of nitrogens with one attached hydrogen (secondary N) is 2. The SMILES string of the molecule is Cc1noc(C)c1CCC(=O)NCCNC1CCCCCC1. The van der Waals surface area contributed by atoms with Gasteiger partial charge < -0.3 is 15.2 Å². The van der Waals surface area contributed by atoms with E-state index in [-0.39, 0.29) is 5.91 Å². The van der Waals surface area contributed by atoms with Crippen molar-refractivity contribution in [2.75, 3.05) is 13.1 Å². The molecule has 1 aromatic rings. The lowest BCUT2D eigenvalue weighted by molar-refractivity contribution is -0.121. The molecule has 1 aliphatic carbocycles. The first kappa shape index (κ1) is 17.0. The first-order chi connectivity index (χ1) is 10.7. The molecular weight excluding hydrogens is 278 g/mol. The van der Waals surface area contributed by atoms with E-state index < -0.39 is 0 Å². The number of carbonyl (C=O) groups excluding carboxylic acids is 1. The lowest BCUT2D eigenvalue weighted by atomic mass is 10.1. The summed E-state index contributed by atoms with van der Waals surface area (Å²) < 4.78 is 5.11. The molecule has 124 valence electrons. The fourth-order valence-electron chi connectivity index (χ4n) is 3.15. The highest BCUT2D eigenvalue weighted by Gasteiger charge is 2.12. The average Bonchev–Trinajstić information content (AvgIpc) is 2.71. The van der Waals surface area contributed by atoms with Gasteiger partial charge in [-0.1, -0.05) is 30.8 Å². The fraction of sp³-hybridized carbons (Fsp3) is 0.765. The molecule has 0 bridgehead atoms. The smallest absolute Gasteiger partial charge is 0.220 e. The summed E-state index contributed by atoms with van der Waals surface area (Å²) in [6.45, 7) is 5.38. The van der Waals surface area contributed by atoms with Crippen LogP contribution in [0.5, 0.6) is 0 Å². The van der Waals surface area contributed by atoms with Gasteiger partial charge in [0.15, 0.2) is 0 Å². The van der Waals surface area contributed by atoms with Crippen molar-refractivity contribution < 1.29 is 9.32 Å². The molecule has 0 aromatic carbocycles. The van der Waals surface area contributed by atoms with Gasteiger partial charge in [-0.15, -0.1) is 0 Å². The van der Waals surface area contributed by atoms with Crippen molar-refractivity contribution >= 4 is 5.91 Å². The second-order valence-electron chi connectivity index (χ2n) is 6.30. The van der Waals surface area contributed by atoms with Gasteiger partial charge in [-0.3, -0.25) is 4.79 Å². The minimum absolute atomic E-state index is 0.0997. The minimum atomic E-state index is 0.0997. The number of amides is 1. The Morgan fingerprint density at radius 2 is 1.91 bits per heavy atom. The maximum Gasteiger partial charge on any atom is 0.220 e. The molecule has 0 saturated heterocycles. The standard InChI is InChI=1S/C17H29N3O2/c1-13-16(14(2)22-20-13)9-10-17(21)19-12-11-18-15-7-5-3-4-6-8-15/h15,18H,3-12H2,1-2H3,(H,19,21). The molecule has 5 nitrogen and oxygen atoms in total. The van der Waals surface area contributed by atoms with E-state index in [1.165, 1.54) is 38.5 Å². The normalized spacial score (nSPS) is 16.5. The number of rotatable bonds is 7. The molecule has 1 aromatic heterocycles.